The molecule has 3 nitrogen and oxygen atoms in total. The molecule has 0 aromatic carbocycles. The lowest BCUT2D eigenvalue weighted by molar-refractivity contribution is -0.186. The Morgan fingerprint density at radius 1 is 1.27 bits per heavy atom. The van der Waals surface area contributed by atoms with Crippen molar-refractivity contribution in [2.45, 2.75) is 71.2 Å². The number of rotatable bonds is 0. The topological polar surface area (TPSA) is 46.5 Å². The molecule has 3 heteroatoms. The molecule has 1 heterocycles. The monoisotopic (exact) mass is 311 g/mol. The second-order valence-corrected chi connectivity index (χ2v) is 8.57. The van der Waals surface area contributed by atoms with E-state index in [9.17, 15) is 9.90 Å². The van der Waals surface area contributed by atoms with Gasteiger partial charge >= 0.3 is 5.97 Å². The van der Waals surface area contributed by atoms with Gasteiger partial charge < -0.3 is 9.84 Å². The number of carbonyl (C=O) groups is 1. The maximum absolute atomic E-state index is 11.8. The number of hydrogen-bond donors (Lipinski definition) is 1. The summed E-state index contributed by atoms with van der Waals surface area (Å²) in [5.74, 6) is 0.409. The van der Waals surface area contributed by atoms with Crippen LogP contribution >= 0.6 is 0 Å². The highest BCUT2D eigenvalue weighted by atomic mass is 16.5. The summed E-state index contributed by atoms with van der Waals surface area (Å²) in [6.45, 7) is 1.61. The van der Waals surface area contributed by atoms with Crippen molar-refractivity contribution < 1.29 is 21.5 Å². The van der Waals surface area contributed by atoms with Crippen LogP contribution in [0, 0.1) is 34.5 Å². The smallest absolute Gasteiger partial charge is 0.306 e. The van der Waals surface area contributed by atoms with Crippen LogP contribution in [0.3, 0.4) is 0 Å². The van der Waals surface area contributed by atoms with E-state index >= 15 is 0 Å². The van der Waals surface area contributed by atoms with E-state index in [1.165, 1.54) is 0 Å². The van der Waals surface area contributed by atoms with Crippen molar-refractivity contribution in [3.63, 3.8) is 0 Å². The minimum Gasteiger partial charge on any atom is -0.465 e. The van der Waals surface area contributed by atoms with Crippen molar-refractivity contribution >= 4 is 5.97 Å². The van der Waals surface area contributed by atoms with Gasteiger partial charge in [0, 0.05) is 18.7 Å². The third-order valence-electron chi connectivity index (χ3n) is 7.82. The molecule has 7 atom stereocenters. The summed E-state index contributed by atoms with van der Waals surface area (Å²) in [6.07, 6.45) is 1.37. The van der Waals surface area contributed by atoms with Gasteiger partial charge in [0.15, 0.2) is 0 Å². The van der Waals surface area contributed by atoms with Gasteiger partial charge in [-0.2, -0.15) is 0 Å². The lowest BCUT2D eigenvalue weighted by Crippen LogP contribution is -2.57. The Hall–Kier alpha value is -0.570. The van der Waals surface area contributed by atoms with Crippen LogP contribution in [-0.2, 0) is 9.53 Å². The molecule has 0 bridgehead atoms. The SMILES string of the molecule is [2H]C([2H])([2H])[C@]1(O)C([2H])([2H])CC2C3CC[C@H]4CC(=O)OC[C@]4(C)C3CC[C@@]21C. The van der Waals surface area contributed by atoms with Crippen LogP contribution in [0.15, 0.2) is 0 Å². The molecule has 22 heavy (non-hydrogen) atoms. The van der Waals surface area contributed by atoms with Crippen LogP contribution in [0.4, 0.5) is 0 Å². The molecule has 3 aliphatic carbocycles. The van der Waals surface area contributed by atoms with E-state index in [-0.39, 0.29) is 41.5 Å². The second kappa shape index (κ2) is 4.49. The quantitative estimate of drug-likeness (QED) is 0.696. The van der Waals surface area contributed by atoms with E-state index in [4.69, 9.17) is 11.6 Å². The van der Waals surface area contributed by atoms with Gasteiger partial charge in [-0.1, -0.05) is 13.8 Å². The van der Waals surface area contributed by atoms with E-state index < -0.39 is 24.2 Å². The Kier molecular flexibility index (Phi) is 2.11. The number of ether oxygens (including phenoxy) is 1. The minimum absolute atomic E-state index is 0.0834. The Morgan fingerprint density at radius 2 is 2.09 bits per heavy atom. The molecule has 1 saturated heterocycles. The summed E-state index contributed by atoms with van der Waals surface area (Å²) >= 11 is 0. The average molecular weight is 311 g/mol. The summed E-state index contributed by atoms with van der Waals surface area (Å²) in [5.41, 5.74) is -3.44. The Bertz CT molecular complexity index is 664. The highest BCUT2D eigenvalue weighted by molar-refractivity contribution is 5.70. The molecule has 0 amide bonds. The fraction of sp³-hybridized carbons (Fsp3) is 0.947. The van der Waals surface area contributed by atoms with Crippen LogP contribution in [0.25, 0.3) is 0 Å². The zero-order chi connectivity index (χ0) is 20.0. The molecule has 4 rings (SSSR count). The summed E-state index contributed by atoms with van der Waals surface area (Å²) in [6, 6.07) is 0. The van der Waals surface area contributed by atoms with E-state index in [1.54, 1.807) is 6.92 Å². The van der Waals surface area contributed by atoms with Gasteiger partial charge in [-0.15, -0.1) is 0 Å². The average Bonchev–Trinajstić information content (AvgIpc) is 2.72. The Labute approximate surface area is 140 Å². The fourth-order valence-corrected chi connectivity index (χ4v) is 6.20. The predicted molar refractivity (Wildman–Crippen MR) is 84.1 cm³/mol. The fourth-order valence-electron chi connectivity index (χ4n) is 6.20. The minimum atomic E-state index is -2.77. The van der Waals surface area contributed by atoms with Crippen LogP contribution in [0.2, 0.25) is 0 Å². The van der Waals surface area contributed by atoms with Gasteiger partial charge in [-0.05, 0) is 74.4 Å². The highest BCUT2D eigenvalue weighted by Gasteiger charge is 2.63. The van der Waals surface area contributed by atoms with E-state index in [0.717, 1.165) is 19.3 Å². The molecule has 1 aliphatic heterocycles. The number of hydrogen-bond acceptors (Lipinski definition) is 3. The van der Waals surface area contributed by atoms with E-state index in [0.29, 0.717) is 19.4 Å². The van der Waals surface area contributed by atoms with Gasteiger partial charge in [0.1, 0.15) is 0 Å². The molecule has 0 aromatic heterocycles. The van der Waals surface area contributed by atoms with Crippen LogP contribution in [0.1, 0.15) is 72.5 Å². The normalized spacial score (nSPS) is 63.8. The molecule has 1 N–H and O–H groups in total. The third-order valence-corrected chi connectivity index (χ3v) is 7.82. The molecule has 3 unspecified atom stereocenters. The first-order chi connectivity index (χ1) is 12.3. The summed E-state index contributed by atoms with van der Waals surface area (Å²) in [4.78, 5) is 11.8. The van der Waals surface area contributed by atoms with E-state index in [2.05, 4.69) is 6.92 Å². The number of cyclic esters (lactones) is 1. The maximum atomic E-state index is 11.8. The van der Waals surface area contributed by atoms with Crippen molar-refractivity contribution in [2.24, 2.45) is 34.5 Å². The zero-order valence-corrected chi connectivity index (χ0v) is 13.5. The standard InChI is InChI=1S/C19H30O3/c1-17-11-22-16(20)10-12(17)4-5-13-14(17)6-8-18(2)15(13)7-9-19(18,3)21/h12-15,21H,4-11H2,1-3H3/t12-,13?,14?,15?,17-,18-,19-/m0/s1/i3D3,9D2. The Morgan fingerprint density at radius 3 is 2.86 bits per heavy atom. The van der Waals surface area contributed by atoms with Crippen molar-refractivity contribution in [3.8, 4) is 0 Å². The third kappa shape index (κ3) is 1.75. The van der Waals surface area contributed by atoms with Gasteiger partial charge in [0.05, 0.1) is 12.2 Å². The lowest BCUT2D eigenvalue weighted by atomic mass is 9.46. The van der Waals surface area contributed by atoms with E-state index in [1.807, 2.05) is 0 Å². The van der Waals surface area contributed by atoms with Gasteiger partial charge in [-0.25, -0.2) is 0 Å². The van der Waals surface area contributed by atoms with Crippen molar-refractivity contribution in [2.75, 3.05) is 6.61 Å². The van der Waals surface area contributed by atoms with Crippen LogP contribution in [0.5, 0.6) is 0 Å². The Balaban J connectivity index is 1.73. The van der Waals surface area contributed by atoms with Crippen LogP contribution < -0.4 is 0 Å². The van der Waals surface area contributed by atoms with Crippen molar-refractivity contribution in [1.82, 2.24) is 0 Å². The molecule has 0 aromatic rings. The number of carbonyl (C=O) groups excluding carboxylic acids is 1. The van der Waals surface area contributed by atoms with Crippen molar-refractivity contribution in [1.29, 1.82) is 0 Å². The van der Waals surface area contributed by atoms with Gasteiger partial charge in [0.25, 0.3) is 0 Å². The lowest BCUT2D eigenvalue weighted by Gasteiger charge is -2.60. The van der Waals surface area contributed by atoms with Gasteiger partial charge in [-0.3, -0.25) is 4.79 Å². The summed E-state index contributed by atoms with van der Waals surface area (Å²) < 4.78 is 46.2. The maximum Gasteiger partial charge on any atom is 0.306 e. The zero-order valence-electron chi connectivity index (χ0n) is 18.5. The highest BCUT2D eigenvalue weighted by Crippen LogP contribution is 2.67. The number of fused-ring (bicyclic) bond motifs is 5. The first kappa shape index (κ1) is 10.3. The molecule has 4 fully saturated rings. The number of aliphatic hydroxyl groups is 1. The number of esters is 1. The molecule has 124 valence electrons. The second-order valence-electron chi connectivity index (χ2n) is 8.57. The van der Waals surface area contributed by atoms with Gasteiger partial charge in [0.2, 0.25) is 0 Å². The molecule has 4 aliphatic rings. The summed E-state index contributed by atoms with van der Waals surface area (Å²) in [7, 11) is 0. The first-order valence-corrected chi connectivity index (χ1v) is 8.66. The predicted octanol–water partition coefficient (Wildman–Crippen LogP) is 3.54. The van der Waals surface area contributed by atoms with Crippen LogP contribution in [-0.4, -0.2) is 23.3 Å². The largest absolute Gasteiger partial charge is 0.465 e. The molecule has 3 saturated carbocycles. The molecule has 0 spiro atoms. The molecule has 0 radical (unpaired) electrons. The van der Waals surface area contributed by atoms with Crippen molar-refractivity contribution in [3.05, 3.63) is 0 Å². The molecular weight excluding hydrogens is 276 g/mol. The molecular formula is C19H30O3. The first-order valence-electron chi connectivity index (χ1n) is 11.2. The summed E-state index contributed by atoms with van der Waals surface area (Å²) in [5, 5.41) is 11.3.